The third-order valence-corrected chi connectivity index (χ3v) is 5.97. The Morgan fingerprint density at radius 2 is 2.23 bits per heavy atom. The van der Waals surface area contributed by atoms with E-state index in [2.05, 4.69) is 4.98 Å². The second-order valence-electron chi connectivity index (χ2n) is 6.60. The van der Waals surface area contributed by atoms with Crippen molar-refractivity contribution in [2.24, 2.45) is 5.92 Å². The van der Waals surface area contributed by atoms with E-state index in [4.69, 9.17) is 4.74 Å². The van der Waals surface area contributed by atoms with Gasteiger partial charge in [-0.15, -0.1) is 11.3 Å². The van der Waals surface area contributed by atoms with Gasteiger partial charge in [0.05, 0.1) is 17.0 Å². The predicted molar refractivity (Wildman–Crippen MR) is 85.5 cm³/mol. The maximum Gasteiger partial charge on any atom is 0.410 e. The molecule has 1 fully saturated rings. The van der Waals surface area contributed by atoms with Crippen LogP contribution in [0.1, 0.15) is 32.1 Å². The Bertz CT molecular complexity index is 605. The van der Waals surface area contributed by atoms with Gasteiger partial charge in [0.2, 0.25) is 0 Å². The van der Waals surface area contributed by atoms with Crippen LogP contribution in [0.2, 0.25) is 0 Å². The number of likely N-dealkylation sites (tertiary alicyclic amines) is 1. The van der Waals surface area contributed by atoms with Gasteiger partial charge in [0.1, 0.15) is 5.60 Å². The van der Waals surface area contributed by atoms with Gasteiger partial charge in [-0.1, -0.05) is 0 Å². The number of carbonyl (C=O) groups excluding carboxylic acids is 1. The van der Waals surface area contributed by atoms with E-state index in [9.17, 15) is 13.2 Å². The van der Waals surface area contributed by atoms with Gasteiger partial charge in [0.25, 0.3) is 0 Å². The number of thiazole rings is 1. The van der Waals surface area contributed by atoms with Crippen molar-refractivity contribution in [2.75, 3.05) is 18.8 Å². The zero-order chi connectivity index (χ0) is 16.4. The minimum atomic E-state index is -3.18. The zero-order valence-corrected chi connectivity index (χ0v) is 14.7. The van der Waals surface area contributed by atoms with E-state index in [0.717, 1.165) is 4.88 Å². The first kappa shape index (κ1) is 17.2. The van der Waals surface area contributed by atoms with Gasteiger partial charge >= 0.3 is 6.09 Å². The monoisotopic (exact) mass is 346 g/mol. The summed E-state index contributed by atoms with van der Waals surface area (Å²) in [7, 11) is -3.18. The van der Waals surface area contributed by atoms with Crippen LogP contribution in [-0.4, -0.2) is 48.8 Å². The molecule has 1 amide bonds. The summed E-state index contributed by atoms with van der Waals surface area (Å²) in [5.74, 6) is 0.107. The number of ether oxygens (including phenoxy) is 1. The van der Waals surface area contributed by atoms with Crippen LogP contribution in [0.5, 0.6) is 0 Å². The topological polar surface area (TPSA) is 76.6 Å². The van der Waals surface area contributed by atoms with E-state index in [1.54, 1.807) is 16.6 Å². The molecule has 2 heterocycles. The average Bonchev–Trinajstić information content (AvgIpc) is 2.97. The first-order chi connectivity index (χ1) is 10.1. The molecule has 0 radical (unpaired) electrons. The van der Waals surface area contributed by atoms with Gasteiger partial charge in [0.15, 0.2) is 9.84 Å². The summed E-state index contributed by atoms with van der Waals surface area (Å²) in [6.45, 7) is 6.44. The van der Waals surface area contributed by atoms with E-state index in [-0.39, 0.29) is 23.5 Å². The maximum absolute atomic E-state index is 12.2. The number of nitrogens with zero attached hydrogens (tertiary/aromatic N) is 2. The highest BCUT2D eigenvalue weighted by Gasteiger charge is 2.32. The number of carbonyl (C=O) groups is 1. The van der Waals surface area contributed by atoms with Crippen LogP contribution in [0.3, 0.4) is 0 Å². The SMILES string of the molecule is CC(C)(C)OC(=O)N1CCC(CS(=O)(=O)Cc2cncs2)C1. The Kier molecular flexibility index (Phi) is 5.11. The third-order valence-electron chi connectivity index (χ3n) is 3.27. The van der Waals surface area contributed by atoms with Crippen LogP contribution in [0.25, 0.3) is 0 Å². The summed E-state index contributed by atoms with van der Waals surface area (Å²) in [6.07, 6.45) is 1.92. The molecule has 0 N–H and O–H groups in total. The Labute approximate surface area is 135 Å². The minimum Gasteiger partial charge on any atom is -0.444 e. The van der Waals surface area contributed by atoms with Crippen molar-refractivity contribution in [1.29, 1.82) is 0 Å². The fourth-order valence-electron chi connectivity index (χ4n) is 2.41. The predicted octanol–water partition coefficient (Wildman–Crippen LogP) is 2.31. The molecule has 0 spiro atoms. The summed E-state index contributed by atoms with van der Waals surface area (Å²) < 4.78 is 29.7. The lowest BCUT2D eigenvalue weighted by molar-refractivity contribution is 0.0289. The average molecular weight is 346 g/mol. The Morgan fingerprint density at radius 3 is 2.82 bits per heavy atom. The molecule has 2 rings (SSSR count). The fraction of sp³-hybridized carbons (Fsp3) is 0.714. The van der Waals surface area contributed by atoms with E-state index in [0.29, 0.717) is 19.5 Å². The molecule has 1 aromatic heterocycles. The molecule has 124 valence electrons. The summed E-state index contributed by atoms with van der Waals surface area (Å²) in [5, 5.41) is 0. The normalized spacial score (nSPS) is 19.4. The third kappa shape index (κ3) is 5.24. The van der Waals surface area contributed by atoms with Gasteiger partial charge < -0.3 is 9.64 Å². The van der Waals surface area contributed by atoms with Gasteiger partial charge in [-0.2, -0.15) is 0 Å². The molecule has 6 nitrogen and oxygen atoms in total. The Morgan fingerprint density at radius 1 is 1.50 bits per heavy atom. The second kappa shape index (κ2) is 6.54. The largest absolute Gasteiger partial charge is 0.444 e. The highest BCUT2D eigenvalue weighted by molar-refractivity contribution is 7.90. The lowest BCUT2D eigenvalue weighted by atomic mass is 10.2. The zero-order valence-electron chi connectivity index (χ0n) is 13.1. The highest BCUT2D eigenvalue weighted by Crippen LogP contribution is 2.22. The molecule has 1 aliphatic rings. The molecule has 1 saturated heterocycles. The standard InChI is InChI=1S/C14H22N2O4S2/c1-14(2,3)20-13(17)16-5-4-11(7-16)8-22(18,19)9-12-6-15-10-21-12/h6,10-11H,4-5,7-9H2,1-3H3. The van der Waals surface area contributed by atoms with E-state index < -0.39 is 15.4 Å². The van der Waals surface area contributed by atoms with Gasteiger partial charge in [0, 0.05) is 24.2 Å². The quantitative estimate of drug-likeness (QED) is 0.836. The smallest absolute Gasteiger partial charge is 0.410 e. The minimum absolute atomic E-state index is 0.0227. The molecule has 0 aliphatic carbocycles. The van der Waals surface area contributed by atoms with Gasteiger partial charge in [-0.25, -0.2) is 13.2 Å². The molecular weight excluding hydrogens is 324 g/mol. The van der Waals surface area contributed by atoms with Gasteiger partial charge in [-0.05, 0) is 33.1 Å². The maximum atomic E-state index is 12.2. The van der Waals surface area contributed by atoms with Crippen molar-refractivity contribution in [1.82, 2.24) is 9.88 Å². The molecule has 0 saturated carbocycles. The molecule has 1 aliphatic heterocycles. The molecule has 8 heteroatoms. The summed E-state index contributed by atoms with van der Waals surface area (Å²) in [5.41, 5.74) is 1.10. The lowest BCUT2D eigenvalue weighted by Crippen LogP contribution is -2.35. The summed E-state index contributed by atoms with van der Waals surface area (Å²) >= 11 is 1.34. The Balaban J connectivity index is 1.87. The van der Waals surface area contributed by atoms with Crippen molar-refractivity contribution in [3.8, 4) is 0 Å². The second-order valence-corrected chi connectivity index (χ2v) is 9.68. The molecule has 0 aromatic carbocycles. The van der Waals surface area contributed by atoms with Crippen LogP contribution in [0.15, 0.2) is 11.7 Å². The number of hydrogen-bond acceptors (Lipinski definition) is 6. The van der Waals surface area contributed by atoms with Crippen LogP contribution < -0.4 is 0 Å². The molecule has 1 unspecified atom stereocenters. The Hall–Kier alpha value is -1.15. The molecule has 1 atom stereocenters. The van der Waals surface area contributed by atoms with Crippen LogP contribution in [-0.2, 0) is 20.3 Å². The van der Waals surface area contributed by atoms with E-state index >= 15 is 0 Å². The van der Waals surface area contributed by atoms with Crippen molar-refractivity contribution in [2.45, 2.75) is 38.5 Å². The number of amides is 1. The number of hydrogen-bond donors (Lipinski definition) is 0. The van der Waals surface area contributed by atoms with Crippen molar-refractivity contribution >= 4 is 27.3 Å². The van der Waals surface area contributed by atoms with Crippen molar-refractivity contribution in [3.63, 3.8) is 0 Å². The number of aromatic nitrogens is 1. The molecule has 0 bridgehead atoms. The van der Waals surface area contributed by atoms with Crippen LogP contribution in [0.4, 0.5) is 4.79 Å². The van der Waals surface area contributed by atoms with E-state index in [1.165, 1.54) is 11.3 Å². The fourth-order valence-corrected chi connectivity index (χ4v) is 5.22. The van der Waals surface area contributed by atoms with Crippen molar-refractivity contribution < 1.29 is 17.9 Å². The van der Waals surface area contributed by atoms with Crippen LogP contribution in [0, 0.1) is 5.92 Å². The number of rotatable bonds is 4. The van der Waals surface area contributed by atoms with E-state index in [1.807, 2.05) is 20.8 Å². The van der Waals surface area contributed by atoms with Crippen molar-refractivity contribution in [3.05, 3.63) is 16.6 Å². The van der Waals surface area contributed by atoms with Crippen LogP contribution >= 0.6 is 11.3 Å². The molecular formula is C14H22N2O4S2. The molecule has 1 aromatic rings. The summed E-state index contributed by atoms with van der Waals surface area (Å²) in [4.78, 5) is 18.2. The first-order valence-corrected chi connectivity index (χ1v) is 9.90. The lowest BCUT2D eigenvalue weighted by Gasteiger charge is -2.24. The summed E-state index contributed by atoms with van der Waals surface area (Å²) in [6, 6.07) is 0. The van der Waals surface area contributed by atoms with Gasteiger partial charge in [-0.3, -0.25) is 4.98 Å². The molecule has 22 heavy (non-hydrogen) atoms. The highest BCUT2D eigenvalue weighted by atomic mass is 32.2. The number of sulfone groups is 1. The first-order valence-electron chi connectivity index (χ1n) is 7.20.